The Bertz CT molecular complexity index is 620. The van der Waals surface area contributed by atoms with Gasteiger partial charge in [-0.25, -0.2) is 17.2 Å². The minimum Gasteiger partial charge on any atom is -0.207 e. The molecule has 1 aliphatic rings. The van der Waals surface area contributed by atoms with Crippen LogP contribution in [0.3, 0.4) is 0 Å². The van der Waals surface area contributed by atoms with E-state index in [9.17, 15) is 17.2 Å². The molecule has 1 heterocycles. The van der Waals surface area contributed by atoms with Crippen LogP contribution in [-0.2, 0) is 10.0 Å². The van der Waals surface area contributed by atoms with Gasteiger partial charge in [0.05, 0.1) is 0 Å². The molecule has 1 aliphatic heterocycles. The van der Waals surface area contributed by atoms with Gasteiger partial charge in [-0.15, -0.1) is 0 Å². The Morgan fingerprint density at radius 3 is 2.58 bits per heavy atom. The molecule has 2 rings (SSSR count). The van der Waals surface area contributed by atoms with Crippen molar-refractivity contribution in [3.63, 3.8) is 0 Å². The maximum absolute atomic E-state index is 13.8. The molecule has 0 amide bonds. The highest BCUT2D eigenvalue weighted by molar-refractivity contribution is 9.10. The summed E-state index contributed by atoms with van der Waals surface area (Å²) in [5.74, 6) is -1.91. The van der Waals surface area contributed by atoms with Crippen LogP contribution >= 0.6 is 15.9 Å². The normalized spacial score (nSPS) is 17.4. The second kappa shape index (κ2) is 5.30. The van der Waals surface area contributed by atoms with Crippen LogP contribution in [0.2, 0.25) is 0 Å². The Morgan fingerprint density at radius 1 is 1.32 bits per heavy atom. The Morgan fingerprint density at radius 2 is 2.00 bits per heavy atom. The maximum Gasteiger partial charge on any atom is 0.247 e. The van der Waals surface area contributed by atoms with E-state index in [1.54, 1.807) is 0 Å². The molecule has 7 heteroatoms. The number of hydrogen-bond acceptors (Lipinski definition) is 2. The summed E-state index contributed by atoms with van der Waals surface area (Å²) in [6.07, 6.45) is 2.54. The number of benzene rings is 1. The summed E-state index contributed by atoms with van der Waals surface area (Å²) < 4.78 is 52.7. The maximum atomic E-state index is 13.8. The summed E-state index contributed by atoms with van der Waals surface area (Å²) in [4.78, 5) is -0.511. The van der Waals surface area contributed by atoms with Crippen LogP contribution < -0.4 is 0 Å². The minimum atomic E-state index is -3.97. The fourth-order valence-corrected chi connectivity index (χ4v) is 4.60. The molecule has 104 valence electrons. The molecule has 0 bridgehead atoms. The van der Waals surface area contributed by atoms with Crippen LogP contribution in [0.15, 0.2) is 33.2 Å². The molecule has 0 aromatic heterocycles. The lowest BCUT2D eigenvalue weighted by Gasteiger charge is -2.26. The predicted octanol–water partition coefficient (Wildman–Crippen LogP) is 3.07. The Balaban J connectivity index is 2.49. The molecule has 0 atom stereocenters. The molecule has 0 saturated heterocycles. The Labute approximate surface area is 119 Å². The van der Waals surface area contributed by atoms with Gasteiger partial charge in [-0.2, -0.15) is 4.31 Å². The molecular weight excluding hydrogens is 340 g/mol. The van der Waals surface area contributed by atoms with E-state index in [1.165, 1.54) is 4.31 Å². The van der Waals surface area contributed by atoms with Gasteiger partial charge in [0.2, 0.25) is 10.0 Å². The summed E-state index contributed by atoms with van der Waals surface area (Å²) >= 11 is 2.92. The van der Waals surface area contributed by atoms with Crippen molar-refractivity contribution in [1.29, 1.82) is 0 Å². The molecule has 1 aromatic rings. The van der Waals surface area contributed by atoms with E-state index in [0.29, 0.717) is 19.0 Å². The van der Waals surface area contributed by atoms with Crippen LogP contribution in [0.4, 0.5) is 8.78 Å². The second-order valence-electron chi connectivity index (χ2n) is 4.38. The predicted molar refractivity (Wildman–Crippen MR) is 71.2 cm³/mol. The van der Waals surface area contributed by atoms with Crippen molar-refractivity contribution in [2.75, 3.05) is 13.1 Å². The van der Waals surface area contributed by atoms with Crippen molar-refractivity contribution in [2.24, 2.45) is 0 Å². The fraction of sp³-hybridized carbons (Fsp3) is 0.333. The molecule has 1 aromatic carbocycles. The molecule has 0 N–H and O–H groups in total. The van der Waals surface area contributed by atoms with E-state index >= 15 is 0 Å². The van der Waals surface area contributed by atoms with E-state index in [4.69, 9.17) is 0 Å². The van der Waals surface area contributed by atoms with Crippen molar-refractivity contribution in [3.8, 4) is 0 Å². The summed E-state index contributed by atoms with van der Waals surface area (Å²) in [5.41, 5.74) is 0.911. The summed E-state index contributed by atoms with van der Waals surface area (Å²) in [7, 11) is -3.97. The van der Waals surface area contributed by atoms with Crippen molar-refractivity contribution in [2.45, 2.75) is 18.2 Å². The number of sulfonamides is 1. The molecular formula is C12H12BrF2NO2S. The largest absolute Gasteiger partial charge is 0.247 e. The van der Waals surface area contributed by atoms with E-state index in [1.807, 2.05) is 13.0 Å². The number of hydrogen-bond donors (Lipinski definition) is 0. The van der Waals surface area contributed by atoms with Crippen molar-refractivity contribution >= 4 is 26.0 Å². The van der Waals surface area contributed by atoms with Crippen LogP contribution in [-0.4, -0.2) is 25.8 Å². The van der Waals surface area contributed by atoms with Crippen LogP contribution in [0.25, 0.3) is 0 Å². The smallest absolute Gasteiger partial charge is 0.207 e. The average Bonchev–Trinajstić information content (AvgIpc) is 2.26. The SMILES string of the molecule is CC1=CCCN(S(=O)(=O)c2c(F)cc(F)cc2Br)C1. The first-order valence-electron chi connectivity index (χ1n) is 5.62. The molecule has 0 spiro atoms. The summed E-state index contributed by atoms with van der Waals surface area (Å²) in [5, 5.41) is 0. The highest BCUT2D eigenvalue weighted by Gasteiger charge is 2.31. The Hall–Kier alpha value is -0.790. The van der Waals surface area contributed by atoms with Gasteiger partial charge in [0.15, 0.2) is 0 Å². The number of nitrogens with zero attached hydrogens (tertiary/aromatic N) is 1. The number of rotatable bonds is 2. The fourth-order valence-electron chi connectivity index (χ4n) is 1.99. The van der Waals surface area contributed by atoms with Gasteiger partial charge in [0, 0.05) is 23.6 Å². The quantitative estimate of drug-likeness (QED) is 0.768. The van der Waals surface area contributed by atoms with Gasteiger partial charge in [-0.1, -0.05) is 11.6 Å². The third kappa shape index (κ3) is 2.88. The highest BCUT2D eigenvalue weighted by Crippen LogP contribution is 2.30. The third-order valence-electron chi connectivity index (χ3n) is 2.86. The standard InChI is InChI=1S/C12H12BrF2NO2S/c1-8-3-2-4-16(7-8)19(17,18)12-10(13)5-9(14)6-11(12)15/h3,5-6H,2,4,7H2,1H3. The number of halogens is 3. The van der Waals surface area contributed by atoms with E-state index in [-0.39, 0.29) is 11.0 Å². The molecule has 0 unspecified atom stereocenters. The zero-order chi connectivity index (χ0) is 14.2. The van der Waals surface area contributed by atoms with Gasteiger partial charge in [-0.05, 0) is 35.3 Å². The van der Waals surface area contributed by atoms with Gasteiger partial charge >= 0.3 is 0 Å². The summed E-state index contributed by atoms with van der Waals surface area (Å²) in [6.45, 7) is 2.34. The zero-order valence-corrected chi connectivity index (χ0v) is 12.6. The molecule has 0 aliphatic carbocycles. The molecule has 0 radical (unpaired) electrons. The van der Waals surface area contributed by atoms with Gasteiger partial charge in [0.1, 0.15) is 16.5 Å². The van der Waals surface area contributed by atoms with E-state index in [0.717, 1.165) is 11.6 Å². The highest BCUT2D eigenvalue weighted by atomic mass is 79.9. The lowest BCUT2D eigenvalue weighted by molar-refractivity contribution is 0.422. The lowest BCUT2D eigenvalue weighted by Crippen LogP contribution is -2.36. The first-order chi connectivity index (χ1) is 8.82. The Kier molecular flexibility index (Phi) is 4.08. The lowest BCUT2D eigenvalue weighted by atomic mass is 10.2. The van der Waals surface area contributed by atoms with Crippen LogP contribution in [0.5, 0.6) is 0 Å². The van der Waals surface area contributed by atoms with Crippen LogP contribution in [0.1, 0.15) is 13.3 Å². The second-order valence-corrected chi connectivity index (χ2v) is 7.11. The van der Waals surface area contributed by atoms with Gasteiger partial charge in [-0.3, -0.25) is 0 Å². The van der Waals surface area contributed by atoms with Crippen molar-refractivity contribution in [1.82, 2.24) is 4.31 Å². The molecule has 0 fully saturated rings. The molecule has 0 saturated carbocycles. The summed E-state index contributed by atoms with van der Waals surface area (Å²) in [6, 6.07) is 1.52. The van der Waals surface area contributed by atoms with Gasteiger partial charge < -0.3 is 0 Å². The molecule has 3 nitrogen and oxygen atoms in total. The van der Waals surface area contributed by atoms with Crippen molar-refractivity contribution in [3.05, 3.63) is 39.9 Å². The topological polar surface area (TPSA) is 37.4 Å². The first kappa shape index (κ1) is 14.6. The zero-order valence-electron chi connectivity index (χ0n) is 10.2. The minimum absolute atomic E-state index is 0.0998. The van der Waals surface area contributed by atoms with Gasteiger partial charge in [0.25, 0.3) is 0 Å². The van der Waals surface area contributed by atoms with E-state index < -0.39 is 26.6 Å². The monoisotopic (exact) mass is 351 g/mol. The van der Waals surface area contributed by atoms with E-state index in [2.05, 4.69) is 15.9 Å². The third-order valence-corrected chi connectivity index (χ3v) is 5.67. The van der Waals surface area contributed by atoms with Crippen molar-refractivity contribution < 1.29 is 17.2 Å². The molecule has 19 heavy (non-hydrogen) atoms. The van der Waals surface area contributed by atoms with Crippen LogP contribution in [0, 0.1) is 11.6 Å². The first-order valence-corrected chi connectivity index (χ1v) is 7.86. The average molecular weight is 352 g/mol.